The molecule has 1 aromatic carbocycles. The van der Waals surface area contributed by atoms with Crippen molar-refractivity contribution in [3.63, 3.8) is 0 Å². The second-order valence-electron chi connectivity index (χ2n) is 3.19. The number of benzene rings is 1. The second-order valence-corrected chi connectivity index (χ2v) is 3.19. The van der Waals surface area contributed by atoms with Crippen LogP contribution in [0.3, 0.4) is 0 Å². The normalized spacial score (nSPS) is 14.2. The summed E-state index contributed by atoms with van der Waals surface area (Å²) in [4.78, 5) is 0. The average Bonchev–Trinajstić information content (AvgIpc) is 2.03. The maximum atomic E-state index is 12.8. The highest BCUT2D eigenvalue weighted by molar-refractivity contribution is 5.27. The first-order chi connectivity index (χ1) is 5.91. The first-order valence-corrected chi connectivity index (χ1v) is 4.07. The number of aliphatic hydroxyl groups excluding tert-OH is 1. The molecule has 13 heavy (non-hydrogen) atoms. The third-order valence-electron chi connectivity index (χ3n) is 1.88. The molecular weight excluding hydrogens is 174 g/mol. The van der Waals surface area contributed by atoms with Crippen LogP contribution in [0, 0.1) is 0 Å². The van der Waals surface area contributed by atoms with Crippen LogP contribution in [-0.4, -0.2) is 5.11 Å². The van der Waals surface area contributed by atoms with Crippen LogP contribution in [0.2, 0.25) is 0 Å². The van der Waals surface area contributed by atoms with Crippen molar-refractivity contribution in [2.75, 3.05) is 0 Å². The molecule has 0 fully saturated rings. The van der Waals surface area contributed by atoms with Gasteiger partial charge in [-0.25, -0.2) is 8.78 Å². The summed E-state index contributed by atoms with van der Waals surface area (Å²) < 4.78 is 25.6. The molecular formula is C10H12F2O. The van der Waals surface area contributed by atoms with Crippen molar-refractivity contribution in [3.8, 4) is 0 Å². The van der Waals surface area contributed by atoms with Gasteiger partial charge in [0.2, 0.25) is 0 Å². The molecule has 0 aromatic heterocycles. The Labute approximate surface area is 76.0 Å². The van der Waals surface area contributed by atoms with Gasteiger partial charge in [0.25, 0.3) is 5.92 Å². The lowest BCUT2D eigenvalue weighted by molar-refractivity contribution is 0.0172. The van der Waals surface area contributed by atoms with Crippen molar-refractivity contribution in [1.29, 1.82) is 0 Å². The van der Waals surface area contributed by atoms with Gasteiger partial charge < -0.3 is 5.11 Å². The molecule has 1 rings (SSSR count). The third kappa shape index (κ3) is 2.49. The number of rotatable bonds is 2. The molecule has 1 atom stereocenters. The van der Waals surface area contributed by atoms with E-state index in [0.717, 1.165) is 6.92 Å². The van der Waals surface area contributed by atoms with Crippen LogP contribution < -0.4 is 0 Å². The zero-order valence-corrected chi connectivity index (χ0v) is 7.59. The molecule has 1 unspecified atom stereocenters. The number of aliphatic hydroxyl groups is 1. The number of hydrogen-bond acceptors (Lipinski definition) is 1. The minimum atomic E-state index is -2.84. The van der Waals surface area contributed by atoms with E-state index in [-0.39, 0.29) is 5.56 Å². The summed E-state index contributed by atoms with van der Waals surface area (Å²) in [5.74, 6) is -2.84. The van der Waals surface area contributed by atoms with Crippen LogP contribution in [0.1, 0.15) is 31.1 Å². The molecule has 1 aromatic rings. The summed E-state index contributed by atoms with van der Waals surface area (Å²) in [7, 11) is 0. The zero-order valence-electron chi connectivity index (χ0n) is 7.59. The summed E-state index contributed by atoms with van der Waals surface area (Å²) in [5.41, 5.74) is 0.449. The van der Waals surface area contributed by atoms with E-state index in [0.29, 0.717) is 5.56 Å². The number of hydrogen-bond donors (Lipinski definition) is 1. The first-order valence-electron chi connectivity index (χ1n) is 4.07. The lowest BCUT2D eigenvalue weighted by atomic mass is 10.0. The smallest absolute Gasteiger partial charge is 0.270 e. The standard InChI is InChI=1S/C10H12F2O/c1-7(13)8-4-3-5-9(6-8)10(2,11)12/h3-7,13H,1-2H3. The summed E-state index contributed by atoms with van der Waals surface area (Å²) in [6.07, 6.45) is -0.706. The second kappa shape index (κ2) is 3.42. The highest BCUT2D eigenvalue weighted by Gasteiger charge is 2.24. The topological polar surface area (TPSA) is 20.2 Å². The van der Waals surface area contributed by atoms with Crippen molar-refractivity contribution < 1.29 is 13.9 Å². The van der Waals surface area contributed by atoms with Gasteiger partial charge in [-0.2, -0.15) is 0 Å². The summed E-state index contributed by atoms with van der Waals surface area (Å²) >= 11 is 0. The van der Waals surface area contributed by atoms with Crippen molar-refractivity contribution in [2.45, 2.75) is 25.9 Å². The van der Waals surface area contributed by atoms with Gasteiger partial charge in [0.05, 0.1) is 6.10 Å². The van der Waals surface area contributed by atoms with E-state index in [1.807, 2.05) is 0 Å². The molecule has 0 saturated heterocycles. The fraction of sp³-hybridized carbons (Fsp3) is 0.400. The van der Waals surface area contributed by atoms with E-state index in [2.05, 4.69) is 0 Å². The van der Waals surface area contributed by atoms with Crippen LogP contribution in [0.5, 0.6) is 0 Å². The molecule has 0 aliphatic carbocycles. The largest absolute Gasteiger partial charge is 0.389 e. The molecule has 0 heterocycles. The fourth-order valence-electron chi connectivity index (χ4n) is 1.07. The van der Waals surface area contributed by atoms with Crippen molar-refractivity contribution in [2.24, 2.45) is 0 Å². The van der Waals surface area contributed by atoms with Gasteiger partial charge in [-0.3, -0.25) is 0 Å². The van der Waals surface area contributed by atoms with Gasteiger partial charge in [0.15, 0.2) is 0 Å². The Hall–Kier alpha value is -0.960. The lowest BCUT2D eigenvalue weighted by Gasteiger charge is -2.12. The quantitative estimate of drug-likeness (QED) is 0.753. The molecule has 0 aliphatic rings. The molecule has 0 saturated carbocycles. The Morgan fingerprint density at radius 2 is 2.00 bits per heavy atom. The van der Waals surface area contributed by atoms with E-state index in [1.54, 1.807) is 13.0 Å². The third-order valence-corrected chi connectivity index (χ3v) is 1.88. The van der Waals surface area contributed by atoms with E-state index in [4.69, 9.17) is 5.11 Å². The monoisotopic (exact) mass is 186 g/mol. The summed E-state index contributed by atoms with van der Waals surface area (Å²) in [6, 6.07) is 5.82. The molecule has 0 spiro atoms. The predicted octanol–water partition coefficient (Wildman–Crippen LogP) is 2.85. The van der Waals surface area contributed by atoms with E-state index in [9.17, 15) is 8.78 Å². The van der Waals surface area contributed by atoms with Gasteiger partial charge in [-0.1, -0.05) is 18.2 Å². The molecule has 1 nitrogen and oxygen atoms in total. The molecule has 3 heteroatoms. The Morgan fingerprint density at radius 3 is 2.46 bits per heavy atom. The SMILES string of the molecule is CC(O)c1cccc(C(C)(F)F)c1. The van der Waals surface area contributed by atoms with Crippen molar-refractivity contribution in [1.82, 2.24) is 0 Å². The van der Waals surface area contributed by atoms with Crippen LogP contribution in [-0.2, 0) is 5.92 Å². The van der Waals surface area contributed by atoms with Crippen LogP contribution in [0.25, 0.3) is 0 Å². The van der Waals surface area contributed by atoms with Crippen molar-refractivity contribution >= 4 is 0 Å². The fourth-order valence-corrected chi connectivity index (χ4v) is 1.07. The molecule has 0 bridgehead atoms. The maximum absolute atomic E-state index is 12.8. The number of alkyl halides is 2. The highest BCUT2D eigenvalue weighted by Crippen LogP contribution is 2.28. The molecule has 0 amide bonds. The zero-order chi connectivity index (χ0) is 10.1. The number of halogens is 2. The lowest BCUT2D eigenvalue weighted by Crippen LogP contribution is -2.07. The van der Waals surface area contributed by atoms with E-state index < -0.39 is 12.0 Å². The Morgan fingerprint density at radius 1 is 1.38 bits per heavy atom. The minimum absolute atomic E-state index is 0.0640. The van der Waals surface area contributed by atoms with E-state index >= 15 is 0 Å². The Bertz CT molecular complexity index is 289. The van der Waals surface area contributed by atoms with Gasteiger partial charge in [-0.05, 0) is 18.6 Å². The first kappa shape index (κ1) is 10.1. The average molecular weight is 186 g/mol. The summed E-state index contributed by atoms with van der Waals surface area (Å²) in [6.45, 7) is 2.39. The van der Waals surface area contributed by atoms with Gasteiger partial charge >= 0.3 is 0 Å². The maximum Gasteiger partial charge on any atom is 0.270 e. The molecule has 1 N–H and O–H groups in total. The highest BCUT2D eigenvalue weighted by atomic mass is 19.3. The Kier molecular flexibility index (Phi) is 2.66. The van der Waals surface area contributed by atoms with Crippen LogP contribution >= 0.6 is 0 Å². The van der Waals surface area contributed by atoms with Gasteiger partial charge in [0.1, 0.15) is 0 Å². The van der Waals surface area contributed by atoms with Crippen LogP contribution in [0.4, 0.5) is 8.78 Å². The summed E-state index contributed by atoms with van der Waals surface area (Å²) in [5, 5.41) is 9.17. The Balaban J connectivity index is 3.06. The minimum Gasteiger partial charge on any atom is -0.389 e. The van der Waals surface area contributed by atoms with Crippen molar-refractivity contribution in [3.05, 3.63) is 35.4 Å². The van der Waals surface area contributed by atoms with Crippen LogP contribution in [0.15, 0.2) is 24.3 Å². The molecule has 0 radical (unpaired) electrons. The molecule has 72 valence electrons. The molecule has 0 aliphatic heterocycles. The van der Waals surface area contributed by atoms with Gasteiger partial charge in [0, 0.05) is 12.5 Å². The van der Waals surface area contributed by atoms with Gasteiger partial charge in [-0.15, -0.1) is 0 Å². The predicted molar refractivity (Wildman–Crippen MR) is 46.6 cm³/mol. The van der Waals surface area contributed by atoms with E-state index in [1.165, 1.54) is 18.2 Å².